The summed E-state index contributed by atoms with van der Waals surface area (Å²) in [5.41, 5.74) is -0.352. The summed E-state index contributed by atoms with van der Waals surface area (Å²) in [6.45, 7) is 3.04. The number of benzene rings is 2. The van der Waals surface area contributed by atoms with Crippen LogP contribution in [0.25, 0.3) is 0 Å². The molecule has 1 saturated heterocycles. The summed E-state index contributed by atoms with van der Waals surface area (Å²) in [5, 5.41) is 11.7. The van der Waals surface area contributed by atoms with Gasteiger partial charge in [-0.15, -0.1) is 0 Å². The fourth-order valence-electron chi connectivity index (χ4n) is 3.08. The number of rotatable bonds is 6. The average molecular weight is 472 g/mol. The molecule has 0 spiro atoms. The van der Waals surface area contributed by atoms with Crippen molar-refractivity contribution in [3.63, 3.8) is 0 Å². The smallest absolute Gasteiger partial charge is 0.331 e. The number of amides is 3. The minimum absolute atomic E-state index is 0.0683. The second-order valence-electron chi connectivity index (χ2n) is 6.62. The number of hydrogen-bond acceptors (Lipinski definition) is 6. The van der Waals surface area contributed by atoms with Gasteiger partial charge in [0.05, 0.1) is 22.7 Å². The van der Waals surface area contributed by atoms with Gasteiger partial charge < -0.3 is 14.8 Å². The molecule has 30 heavy (non-hydrogen) atoms. The molecule has 154 valence electrons. The van der Waals surface area contributed by atoms with Crippen LogP contribution in [0.3, 0.4) is 0 Å². The van der Waals surface area contributed by atoms with Crippen LogP contribution in [-0.4, -0.2) is 36.0 Å². The van der Waals surface area contributed by atoms with E-state index < -0.39 is 30.0 Å². The Labute approximate surface area is 181 Å². The van der Waals surface area contributed by atoms with E-state index in [0.717, 1.165) is 4.90 Å². The maximum absolute atomic E-state index is 12.9. The Bertz CT molecular complexity index is 1050. The highest BCUT2D eigenvalue weighted by atomic mass is 79.9. The van der Waals surface area contributed by atoms with Crippen molar-refractivity contribution in [1.82, 2.24) is 10.2 Å². The maximum Gasteiger partial charge on any atom is 0.331 e. The van der Waals surface area contributed by atoms with Crippen molar-refractivity contribution < 1.29 is 23.9 Å². The normalized spacial score (nSPS) is 18.0. The van der Waals surface area contributed by atoms with E-state index in [-0.39, 0.29) is 18.1 Å². The molecule has 0 saturated carbocycles. The number of halogens is 1. The van der Waals surface area contributed by atoms with Gasteiger partial charge in [-0.1, -0.05) is 30.3 Å². The van der Waals surface area contributed by atoms with E-state index in [0.29, 0.717) is 15.6 Å². The van der Waals surface area contributed by atoms with Crippen LogP contribution in [-0.2, 0) is 15.1 Å². The second kappa shape index (κ2) is 8.55. The van der Waals surface area contributed by atoms with E-state index >= 15 is 0 Å². The van der Waals surface area contributed by atoms with Crippen molar-refractivity contribution in [3.8, 4) is 17.6 Å². The van der Waals surface area contributed by atoms with E-state index in [2.05, 4.69) is 21.2 Å². The van der Waals surface area contributed by atoms with Crippen molar-refractivity contribution >= 4 is 33.8 Å². The van der Waals surface area contributed by atoms with E-state index in [9.17, 15) is 14.4 Å². The number of carbonyl (C=O) groups is 3. The number of nitriles is 1. The van der Waals surface area contributed by atoms with Gasteiger partial charge in [0.2, 0.25) is 0 Å². The van der Waals surface area contributed by atoms with Crippen LogP contribution in [0.4, 0.5) is 4.79 Å². The van der Waals surface area contributed by atoms with E-state index in [1.54, 1.807) is 44.2 Å². The third-order valence-electron chi connectivity index (χ3n) is 4.57. The van der Waals surface area contributed by atoms with Crippen LogP contribution in [0.5, 0.6) is 11.5 Å². The first-order valence-corrected chi connectivity index (χ1v) is 9.86. The van der Waals surface area contributed by atoms with Crippen molar-refractivity contribution in [1.29, 1.82) is 5.26 Å². The van der Waals surface area contributed by atoms with Crippen molar-refractivity contribution in [2.45, 2.75) is 19.4 Å². The molecule has 1 aliphatic heterocycles. The molecular formula is C21H18BrN3O5. The monoisotopic (exact) mass is 471 g/mol. The second-order valence-corrected chi connectivity index (χ2v) is 7.47. The predicted octanol–water partition coefficient (Wildman–Crippen LogP) is 3.09. The Kier molecular flexibility index (Phi) is 6.08. The van der Waals surface area contributed by atoms with E-state index in [1.165, 1.54) is 12.1 Å². The number of hydrogen-bond donors (Lipinski definition) is 1. The van der Waals surface area contributed by atoms with Crippen LogP contribution in [0.2, 0.25) is 0 Å². The summed E-state index contributed by atoms with van der Waals surface area (Å²) in [6, 6.07) is 13.0. The van der Waals surface area contributed by atoms with Gasteiger partial charge >= 0.3 is 12.0 Å². The van der Waals surface area contributed by atoms with Crippen LogP contribution in [0.1, 0.15) is 25.0 Å². The lowest BCUT2D eigenvalue weighted by atomic mass is 9.92. The highest BCUT2D eigenvalue weighted by Crippen LogP contribution is 2.37. The first-order valence-electron chi connectivity index (χ1n) is 9.07. The average Bonchev–Trinajstić information content (AvgIpc) is 2.95. The molecule has 1 heterocycles. The molecule has 2 aromatic carbocycles. The highest BCUT2D eigenvalue weighted by Gasteiger charge is 2.49. The van der Waals surface area contributed by atoms with Crippen LogP contribution >= 0.6 is 15.9 Å². The molecule has 3 rings (SSSR count). The fourth-order valence-corrected chi connectivity index (χ4v) is 3.60. The number of urea groups is 1. The van der Waals surface area contributed by atoms with Crippen molar-refractivity contribution in [3.05, 3.63) is 58.1 Å². The molecule has 9 heteroatoms. The van der Waals surface area contributed by atoms with Gasteiger partial charge in [-0.25, -0.2) is 9.59 Å². The van der Waals surface area contributed by atoms with Crippen molar-refractivity contribution in [2.75, 3.05) is 13.2 Å². The molecule has 1 N–H and O–H groups in total. The lowest BCUT2D eigenvalue weighted by Gasteiger charge is -2.22. The highest BCUT2D eigenvalue weighted by molar-refractivity contribution is 9.10. The molecular weight excluding hydrogens is 454 g/mol. The van der Waals surface area contributed by atoms with Crippen LogP contribution < -0.4 is 14.8 Å². The first kappa shape index (κ1) is 21.3. The zero-order valence-corrected chi connectivity index (χ0v) is 17.9. The van der Waals surface area contributed by atoms with Gasteiger partial charge in [-0.2, -0.15) is 5.26 Å². The first-order chi connectivity index (χ1) is 14.3. The number of carbonyl (C=O) groups excluding carboxylic acids is 3. The zero-order valence-electron chi connectivity index (χ0n) is 16.3. The molecule has 1 fully saturated rings. The molecule has 2 aromatic rings. The Hall–Kier alpha value is -3.38. The Balaban J connectivity index is 1.80. The minimum atomic E-state index is -1.27. The number of esters is 1. The summed E-state index contributed by atoms with van der Waals surface area (Å²) in [4.78, 5) is 38.7. The largest absolute Gasteiger partial charge is 0.490 e. The fraction of sp³-hybridized carbons (Fsp3) is 0.238. The van der Waals surface area contributed by atoms with Gasteiger partial charge in [0.15, 0.2) is 11.5 Å². The number of imide groups is 1. The van der Waals surface area contributed by atoms with Gasteiger partial charge in [-0.3, -0.25) is 9.69 Å². The SMILES string of the molecule is CCOc1cc(C#N)cc(Br)c1OC(=O)CN1C(=O)NC(C)(c2ccccc2)C1=O. The Morgan fingerprint density at radius 3 is 2.60 bits per heavy atom. The zero-order chi connectivity index (χ0) is 21.9. The third-order valence-corrected chi connectivity index (χ3v) is 5.16. The molecule has 8 nitrogen and oxygen atoms in total. The predicted molar refractivity (Wildman–Crippen MR) is 110 cm³/mol. The number of nitrogens with one attached hydrogen (secondary N) is 1. The summed E-state index contributed by atoms with van der Waals surface area (Å²) in [6.07, 6.45) is 0. The minimum Gasteiger partial charge on any atom is -0.490 e. The molecule has 0 radical (unpaired) electrons. The van der Waals surface area contributed by atoms with E-state index in [4.69, 9.17) is 14.7 Å². The molecule has 0 bridgehead atoms. The van der Waals surface area contributed by atoms with Gasteiger partial charge in [0.1, 0.15) is 12.1 Å². The van der Waals surface area contributed by atoms with E-state index in [1.807, 2.05) is 6.07 Å². The van der Waals surface area contributed by atoms with Crippen molar-refractivity contribution in [2.24, 2.45) is 0 Å². The molecule has 1 atom stereocenters. The topological polar surface area (TPSA) is 109 Å². The quantitative estimate of drug-likeness (QED) is 0.393. The van der Waals surface area contributed by atoms with Crippen LogP contribution in [0.15, 0.2) is 46.9 Å². The van der Waals surface area contributed by atoms with Gasteiger partial charge in [-0.05, 0) is 41.4 Å². The molecule has 0 aromatic heterocycles. The van der Waals surface area contributed by atoms with Gasteiger partial charge in [0, 0.05) is 6.07 Å². The molecule has 0 aliphatic carbocycles. The number of ether oxygens (including phenoxy) is 2. The standard InChI is InChI=1S/C21H18BrN3O5/c1-3-29-16-10-13(11-23)9-15(22)18(16)30-17(26)12-25-19(27)21(2,24-20(25)28)14-7-5-4-6-8-14/h4-10H,3,12H2,1-2H3,(H,24,28). The molecule has 1 unspecified atom stereocenters. The van der Waals surface area contributed by atoms with Crippen LogP contribution in [0, 0.1) is 11.3 Å². The Morgan fingerprint density at radius 1 is 1.27 bits per heavy atom. The third kappa shape index (κ3) is 4.00. The molecule has 3 amide bonds. The molecule has 1 aliphatic rings. The maximum atomic E-state index is 12.9. The lowest BCUT2D eigenvalue weighted by molar-refractivity contribution is -0.141. The number of nitrogens with zero attached hydrogens (tertiary/aromatic N) is 2. The summed E-state index contributed by atoms with van der Waals surface area (Å²) in [7, 11) is 0. The van der Waals surface area contributed by atoms with Gasteiger partial charge in [0.25, 0.3) is 5.91 Å². The summed E-state index contributed by atoms with van der Waals surface area (Å²) < 4.78 is 11.2. The summed E-state index contributed by atoms with van der Waals surface area (Å²) in [5.74, 6) is -1.12. The summed E-state index contributed by atoms with van der Waals surface area (Å²) >= 11 is 3.25. The Morgan fingerprint density at radius 2 is 1.97 bits per heavy atom. The lowest BCUT2D eigenvalue weighted by Crippen LogP contribution is -2.41.